The van der Waals surface area contributed by atoms with Crippen molar-refractivity contribution in [3.8, 4) is 0 Å². The Morgan fingerprint density at radius 3 is 1.80 bits per heavy atom. The SMILES string of the molecule is Cc1ccc([C@@H](C)Nc2cncc(Cl)n2)cc1.Clc1cncc(Cl)n1. The molecule has 2 heterocycles. The Labute approximate surface area is 161 Å². The third-order valence-corrected chi connectivity index (χ3v) is 3.67. The van der Waals surface area contributed by atoms with Gasteiger partial charge in [0.25, 0.3) is 0 Å². The molecule has 1 atom stereocenters. The smallest absolute Gasteiger partial charge is 0.149 e. The molecule has 1 aromatic carbocycles. The maximum atomic E-state index is 5.78. The summed E-state index contributed by atoms with van der Waals surface area (Å²) >= 11 is 16.6. The van der Waals surface area contributed by atoms with E-state index in [1.54, 1.807) is 6.20 Å². The second-order valence-electron chi connectivity index (χ2n) is 5.17. The molecule has 0 radical (unpaired) electrons. The quantitative estimate of drug-likeness (QED) is 0.642. The number of benzene rings is 1. The molecule has 0 amide bonds. The first-order chi connectivity index (χ1) is 11.9. The predicted molar refractivity (Wildman–Crippen MR) is 102 cm³/mol. The number of hydrogen-bond acceptors (Lipinski definition) is 5. The van der Waals surface area contributed by atoms with Crippen LogP contribution in [-0.4, -0.2) is 19.9 Å². The highest BCUT2D eigenvalue weighted by Gasteiger charge is 2.06. The third-order valence-electron chi connectivity index (χ3n) is 3.12. The molecule has 0 fully saturated rings. The third kappa shape index (κ3) is 6.82. The van der Waals surface area contributed by atoms with E-state index in [-0.39, 0.29) is 6.04 Å². The highest BCUT2D eigenvalue weighted by Crippen LogP contribution is 2.18. The first-order valence-corrected chi connectivity index (χ1v) is 8.51. The van der Waals surface area contributed by atoms with E-state index in [9.17, 15) is 0 Å². The van der Waals surface area contributed by atoms with Crippen molar-refractivity contribution in [1.82, 2.24) is 19.9 Å². The number of halogens is 3. The molecule has 0 spiro atoms. The van der Waals surface area contributed by atoms with Crippen molar-refractivity contribution in [1.29, 1.82) is 0 Å². The highest BCUT2D eigenvalue weighted by molar-refractivity contribution is 6.32. The average Bonchev–Trinajstić information content (AvgIpc) is 2.56. The molecule has 130 valence electrons. The Morgan fingerprint density at radius 1 is 0.800 bits per heavy atom. The van der Waals surface area contributed by atoms with Crippen molar-refractivity contribution in [2.75, 3.05) is 5.32 Å². The van der Waals surface area contributed by atoms with E-state index in [0.717, 1.165) is 0 Å². The summed E-state index contributed by atoms with van der Waals surface area (Å²) in [6.45, 7) is 4.15. The van der Waals surface area contributed by atoms with Crippen molar-refractivity contribution in [2.45, 2.75) is 19.9 Å². The van der Waals surface area contributed by atoms with E-state index < -0.39 is 0 Å². The van der Waals surface area contributed by atoms with Crippen LogP contribution in [0.2, 0.25) is 15.5 Å². The van der Waals surface area contributed by atoms with E-state index in [4.69, 9.17) is 34.8 Å². The zero-order valence-corrected chi connectivity index (χ0v) is 15.9. The van der Waals surface area contributed by atoms with E-state index >= 15 is 0 Å². The molecule has 0 bridgehead atoms. The van der Waals surface area contributed by atoms with Crippen LogP contribution in [0.3, 0.4) is 0 Å². The molecule has 0 saturated heterocycles. The standard InChI is InChI=1S/C13H14ClN3.C4H2Cl2N2/c1-9-3-5-11(6-4-9)10(2)16-13-8-15-7-12(14)17-13;5-3-1-7-2-4(6)8-3/h3-8,10H,1-2H3,(H,16,17);1-2H/t10-;/m1./s1. The number of nitrogens with zero attached hydrogens (tertiary/aromatic N) is 4. The van der Waals surface area contributed by atoms with Crippen LogP contribution in [0.1, 0.15) is 24.1 Å². The maximum absolute atomic E-state index is 5.78. The summed E-state index contributed by atoms with van der Waals surface area (Å²) in [5.74, 6) is 0.686. The molecular formula is C17H16Cl3N5. The molecule has 8 heteroatoms. The number of anilines is 1. The molecule has 0 aliphatic heterocycles. The molecule has 3 aromatic rings. The Hall–Kier alpha value is -1.95. The second kappa shape index (κ2) is 9.51. The van der Waals surface area contributed by atoms with Gasteiger partial charge in [-0.25, -0.2) is 9.97 Å². The molecule has 25 heavy (non-hydrogen) atoms. The number of rotatable bonds is 3. The van der Waals surface area contributed by atoms with Crippen molar-refractivity contribution < 1.29 is 0 Å². The van der Waals surface area contributed by atoms with Crippen molar-refractivity contribution in [3.05, 3.63) is 75.6 Å². The van der Waals surface area contributed by atoms with Gasteiger partial charge in [-0.2, -0.15) is 0 Å². The normalized spacial score (nSPS) is 11.2. The fraction of sp³-hybridized carbons (Fsp3) is 0.176. The molecule has 2 aromatic heterocycles. The first kappa shape index (κ1) is 19.4. The number of nitrogens with one attached hydrogen (secondary N) is 1. The van der Waals surface area contributed by atoms with Crippen LogP contribution in [-0.2, 0) is 0 Å². The molecule has 0 saturated carbocycles. The minimum absolute atomic E-state index is 0.170. The van der Waals surface area contributed by atoms with Gasteiger partial charge < -0.3 is 5.32 Å². The zero-order chi connectivity index (χ0) is 18.2. The Kier molecular flexibility index (Phi) is 7.37. The fourth-order valence-corrected chi connectivity index (χ4v) is 2.38. The van der Waals surface area contributed by atoms with E-state index in [2.05, 4.69) is 63.4 Å². The molecular weight excluding hydrogens is 381 g/mol. The lowest BCUT2D eigenvalue weighted by atomic mass is 10.1. The van der Waals surface area contributed by atoms with Crippen LogP contribution in [0, 0.1) is 6.92 Å². The minimum Gasteiger partial charge on any atom is -0.362 e. The molecule has 0 aliphatic carbocycles. The lowest BCUT2D eigenvalue weighted by Crippen LogP contribution is -2.08. The van der Waals surface area contributed by atoms with Gasteiger partial charge in [0.1, 0.15) is 21.3 Å². The van der Waals surface area contributed by atoms with Gasteiger partial charge in [0, 0.05) is 6.04 Å². The van der Waals surface area contributed by atoms with Crippen molar-refractivity contribution in [2.24, 2.45) is 0 Å². The maximum Gasteiger partial charge on any atom is 0.149 e. The van der Waals surface area contributed by atoms with Gasteiger partial charge >= 0.3 is 0 Å². The average molecular weight is 397 g/mol. The Balaban J connectivity index is 0.000000236. The summed E-state index contributed by atoms with van der Waals surface area (Å²) in [7, 11) is 0. The number of hydrogen-bond donors (Lipinski definition) is 1. The molecule has 0 aliphatic rings. The van der Waals surface area contributed by atoms with Crippen LogP contribution in [0.5, 0.6) is 0 Å². The summed E-state index contributed by atoms with van der Waals surface area (Å²) in [5.41, 5.74) is 2.46. The van der Waals surface area contributed by atoms with Crippen LogP contribution in [0.15, 0.2) is 49.1 Å². The Bertz CT molecular complexity index is 794. The largest absolute Gasteiger partial charge is 0.362 e. The van der Waals surface area contributed by atoms with Gasteiger partial charge in [0.05, 0.1) is 24.8 Å². The van der Waals surface area contributed by atoms with Crippen LogP contribution >= 0.6 is 34.8 Å². The predicted octanol–water partition coefficient (Wildman–Crippen LogP) is 5.39. The van der Waals surface area contributed by atoms with Crippen LogP contribution < -0.4 is 5.32 Å². The fourth-order valence-electron chi connectivity index (χ4n) is 1.89. The zero-order valence-electron chi connectivity index (χ0n) is 13.6. The van der Waals surface area contributed by atoms with Gasteiger partial charge in [-0.15, -0.1) is 0 Å². The van der Waals surface area contributed by atoms with Crippen LogP contribution in [0.4, 0.5) is 5.82 Å². The molecule has 0 unspecified atom stereocenters. The first-order valence-electron chi connectivity index (χ1n) is 7.37. The Morgan fingerprint density at radius 2 is 1.32 bits per heavy atom. The number of aromatic nitrogens is 4. The summed E-state index contributed by atoms with van der Waals surface area (Å²) in [6.07, 6.45) is 6.03. The van der Waals surface area contributed by atoms with Gasteiger partial charge in [0.2, 0.25) is 0 Å². The summed E-state index contributed by atoms with van der Waals surface area (Å²) in [4.78, 5) is 15.4. The monoisotopic (exact) mass is 395 g/mol. The van der Waals surface area contributed by atoms with Gasteiger partial charge in [-0.1, -0.05) is 64.6 Å². The highest BCUT2D eigenvalue weighted by atomic mass is 35.5. The van der Waals surface area contributed by atoms with Gasteiger partial charge in [-0.3, -0.25) is 9.97 Å². The van der Waals surface area contributed by atoms with Crippen molar-refractivity contribution in [3.63, 3.8) is 0 Å². The molecule has 1 N–H and O–H groups in total. The van der Waals surface area contributed by atoms with Crippen LogP contribution in [0.25, 0.3) is 0 Å². The van der Waals surface area contributed by atoms with Crippen molar-refractivity contribution >= 4 is 40.6 Å². The topological polar surface area (TPSA) is 63.6 Å². The lowest BCUT2D eigenvalue weighted by molar-refractivity contribution is 0.871. The van der Waals surface area contributed by atoms with Gasteiger partial charge in [0.15, 0.2) is 0 Å². The second-order valence-corrected chi connectivity index (χ2v) is 6.33. The summed E-state index contributed by atoms with van der Waals surface area (Å²) in [5, 5.41) is 4.29. The lowest BCUT2D eigenvalue weighted by Gasteiger charge is -2.14. The molecule has 3 rings (SSSR count). The summed E-state index contributed by atoms with van der Waals surface area (Å²) < 4.78 is 0. The van der Waals surface area contributed by atoms with E-state index in [1.807, 2.05) is 0 Å². The molecule has 5 nitrogen and oxygen atoms in total. The van der Waals surface area contributed by atoms with E-state index in [0.29, 0.717) is 21.3 Å². The van der Waals surface area contributed by atoms with Gasteiger partial charge in [-0.05, 0) is 19.4 Å². The summed E-state index contributed by atoms with van der Waals surface area (Å²) in [6, 6.07) is 8.56. The number of aryl methyl sites for hydroxylation is 1. The van der Waals surface area contributed by atoms with E-state index in [1.165, 1.54) is 29.7 Å². The minimum atomic E-state index is 0.170.